The number of hydrazine groups is 1. The Labute approximate surface area is 116 Å². The molecule has 1 atom stereocenters. The fourth-order valence-electron chi connectivity index (χ4n) is 1.79. The first kappa shape index (κ1) is 13.5. The van der Waals surface area contributed by atoms with Crippen molar-refractivity contribution in [3.63, 3.8) is 0 Å². The molecule has 3 nitrogen and oxygen atoms in total. The molecule has 0 amide bonds. The van der Waals surface area contributed by atoms with E-state index in [1.165, 1.54) is 0 Å². The van der Waals surface area contributed by atoms with E-state index in [-0.39, 0.29) is 6.04 Å². The van der Waals surface area contributed by atoms with Gasteiger partial charge in [-0.2, -0.15) is 0 Å². The molecule has 1 aliphatic rings. The molecule has 0 spiro atoms. The van der Waals surface area contributed by atoms with Crippen molar-refractivity contribution in [2.75, 3.05) is 19.8 Å². The average Bonchev–Trinajstić information content (AvgIpc) is 2.39. The highest BCUT2D eigenvalue weighted by atomic mass is 35.5. The molecule has 0 aliphatic carbocycles. The van der Waals surface area contributed by atoms with Crippen LogP contribution in [0.15, 0.2) is 30.5 Å². The van der Waals surface area contributed by atoms with Gasteiger partial charge in [-0.15, -0.1) is 11.8 Å². The van der Waals surface area contributed by atoms with Gasteiger partial charge in [-0.05, 0) is 17.7 Å². The Balaban J connectivity index is 2.28. The van der Waals surface area contributed by atoms with Gasteiger partial charge in [0.05, 0.1) is 0 Å². The Bertz CT molecular complexity index is 459. The summed E-state index contributed by atoms with van der Waals surface area (Å²) < 4.78 is 0. The molecule has 18 heavy (non-hydrogen) atoms. The van der Waals surface area contributed by atoms with E-state index < -0.39 is 0 Å². The number of aldehydes is 1. The van der Waals surface area contributed by atoms with E-state index in [9.17, 15) is 4.79 Å². The molecule has 0 saturated carbocycles. The summed E-state index contributed by atoms with van der Waals surface area (Å²) in [7, 11) is 3.87. The van der Waals surface area contributed by atoms with Gasteiger partial charge in [0, 0.05) is 36.0 Å². The van der Waals surface area contributed by atoms with Crippen molar-refractivity contribution < 1.29 is 4.79 Å². The molecule has 0 bridgehead atoms. The second-order valence-corrected chi connectivity index (χ2v) is 5.74. The molecule has 5 heteroatoms. The van der Waals surface area contributed by atoms with Gasteiger partial charge < -0.3 is 9.80 Å². The minimum Gasteiger partial charge on any atom is -0.301 e. The number of carbonyl (C=O) groups is 1. The summed E-state index contributed by atoms with van der Waals surface area (Å²) in [5.41, 5.74) is 1.13. The molecule has 1 aromatic carbocycles. The van der Waals surface area contributed by atoms with Gasteiger partial charge in [0.25, 0.3) is 0 Å². The Kier molecular flexibility index (Phi) is 4.32. The van der Waals surface area contributed by atoms with Crippen molar-refractivity contribution in [3.05, 3.63) is 41.1 Å². The summed E-state index contributed by atoms with van der Waals surface area (Å²) >= 11 is 7.58. The number of rotatable bonds is 3. The van der Waals surface area contributed by atoms with Gasteiger partial charge in [0.15, 0.2) is 0 Å². The fraction of sp³-hybridized carbons (Fsp3) is 0.308. The second kappa shape index (κ2) is 5.78. The molecule has 1 heterocycles. The van der Waals surface area contributed by atoms with Crippen LogP contribution in [0.4, 0.5) is 0 Å². The van der Waals surface area contributed by atoms with E-state index in [0.29, 0.717) is 0 Å². The number of carbonyl (C=O) groups excluding carboxylic acids is 1. The Hall–Kier alpha value is -0.970. The SMILES string of the molecule is CN(C)N1C=C(c2ccc(Cl)cc2)SCC1C=O. The standard InChI is InChI=1S/C13H15ClN2OS/c1-15(2)16-7-13(18-9-12(16)8-17)10-3-5-11(14)6-4-10/h3-8,12H,9H2,1-2H3. The first-order chi connectivity index (χ1) is 8.61. The lowest BCUT2D eigenvalue weighted by atomic mass is 10.2. The minimum atomic E-state index is -0.0962. The van der Waals surface area contributed by atoms with Gasteiger partial charge in [-0.25, -0.2) is 5.01 Å². The molecule has 1 aliphatic heterocycles. The van der Waals surface area contributed by atoms with Gasteiger partial charge in [0.1, 0.15) is 12.3 Å². The van der Waals surface area contributed by atoms with E-state index in [1.807, 2.05) is 54.6 Å². The second-order valence-electron chi connectivity index (χ2n) is 4.24. The monoisotopic (exact) mass is 282 g/mol. The van der Waals surface area contributed by atoms with Crippen molar-refractivity contribution in [3.8, 4) is 0 Å². The summed E-state index contributed by atoms with van der Waals surface area (Å²) in [5.74, 6) is 0.760. The number of benzene rings is 1. The summed E-state index contributed by atoms with van der Waals surface area (Å²) in [6.45, 7) is 0. The molecular weight excluding hydrogens is 268 g/mol. The predicted molar refractivity (Wildman–Crippen MR) is 77.3 cm³/mol. The summed E-state index contributed by atoms with van der Waals surface area (Å²) in [6.07, 6.45) is 3.00. The number of hydrogen-bond donors (Lipinski definition) is 0. The van der Waals surface area contributed by atoms with Crippen molar-refractivity contribution >= 4 is 34.6 Å². The topological polar surface area (TPSA) is 23.6 Å². The van der Waals surface area contributed by atoms with Crippen molar-refractivity contribution in [2.24, 2.45) is 0 Å². The highest BCUT2D eigenvalue weighted by Crippen LogP contribution is 2.33. The lowest BCUT2D eigenvalue weighted by Gasteiger charge is -2.36. The number of halogens is 1. The fourth-order valence-corrected chi connectivity index (χ4v) is 2.98. The zero-order valence-electron chi connectivity index (χ0n) is 10.3. The maximum atomic E-state index is 11.0. The first-order valence-electron chi connectivity index (χ1n) is 5.63. The minimum absolute atomic E-state index is 0.0962. The van der Waals surface area contributed by atoms with Crippen LogP contribution >= 0.6 is 23.4 Å². The van der Waals surface area contributed by atoms with E-state index in [4.69, 9.17) is 11.6 Å². The smallest absolute Gasteiger partial charge is 0.144 e. The highest BCUT2D eigenvalue weighted by Gasteiger charge is 2.23. The number of hydrogen-bond acceptors (Lipinski definition) is 4. The van der Waals surface area contributed by atoms with Crippen molar-refractivity contribution in [1.29, 1.82) is 0 Å². The maximum absolute atomic E-state index is 11.0. The quantitative estimate of drug-likeness (QED) is 0.796. The molecule has 0 aromatic heterocycles. The third kappa shape index (κ3) is 2.88. The van der Waals surface area contributed by atoms with Gasteiger partial charge in [0.2, 0.25) is 0 Å². The van der Waals surface area contributed by atoms with Crippen LogP contribution < -0.4 is 0 Å². The lowest BCUT2D eigenvalue weighted by Crippen LogP contribution is -2.44. The van der Waals surface area contributed by atoms with Crippen LogP contribution in [-0.4, -0.2) is 42.2 Å². The molecule has 96 valence electrons. The van der Waals surface area contributed by atoms with Crippen molar-refractivity contribution in [2.45, 2.75) is 6.04 Å². The van der Waals surface area contributed by atoms with Crippen LogP contribution in [0.25, 0.3) is 4.91 Å². The maximum Gasteiger partial charge on any atom is 0.144 e. The highest BCUT2D eigenvalue weighted by molar-refractivity contribution is 8.08. The predicted octanol–water partition coefficient (Wildman–Crippen LogP) is 2.73. The molecule has 1 unspecified atom stereocenters. The third-order valence-corrected chi connectivity index (χ3v) is 4.16. The largest absolute Gasteiger partial charge is 0.301 e. The Morgan fingerprint density at radius 3 is 2.61 bits per heavy atom. The first-order valence-corrected chi connectivity index (χ1v) is 6.99. The van der Waals surface area contributed by atoms with E-state index >= 15 is 0 Å². The summed E-state index contributed by atoms with van der Waals surface area (Å²) in [6, 6.07) is 7.65. The van der Waals surface area contributed by atoms with E-state index in [1.54, 1.807) is 11.8 Å². The summed E-state index contributed by atoms with van der Waals surface area (Å²) in [5, 5.41) is 4.61. The molecule has 0 N–H and O–H groups in total. The molecule has 0 radical (unpaired) electrons. The van der Waals surface area contributed by atoms with Gasteiger partial charge >= 0.3 is 0 Å². The number of thioether (sulfide) groups is 1. The average molecular weight is 283 g/mol. The van der Waals surface area contributed by atoms with Gasteiger partial charge in [-0.3, -0.25) is 0 Å². The normalized spacial score (nSPS) is 19.9. The molecule has 0 fully saturated rings. The zero-order valence-corrected chi connectivity index (χ0v) is 11.9. The number of nitrogens with zero attached hydrogens (tertiary/aromatic N) is 2. The van der Waals surface area contributed by atoms with Crippen LogP contribution in [0.3, 0.4) is 0 Å². The molecular formula is C13H15ClN2OS. The molecule has 1 aromatic rings. The van der Waals surface area contributed by atoms with Crippen LogP contribution in [0.2, 0.25) is 5.02 Å². The van der Waals surface area contributed by atoms with Crippen molar-refractivity contribution in [1.82, 2.24) is 10.0 Å². The van der Waals surface area contributed by atoms with E-state index in [0.717, 1.165) is 27.5 Å². The Morgan fingerprint density at radius 2 is 2.06 bits per heavy atom. The third-order valence-electron chi connectivity index (χ3n) is 2.75. The Morgan fingerprint density at radius 1 is 1.39 bits per heavy atom. The van der Waals surface area contributed by atoms with Crippen LogP contribution in [0.5, 0.6) is 0 Å². The summed E-state index contributed by atoms with van der Waals surface area (Å²) in [4.78, 5) is 12.2. The van der Waals surface area contributed by atoms with Crippen LogP contribution in [-0.2, 0) is 4.79 Å². The van der Waals surface area contributed by atoms with Gasteiger partial charge in [-0.1, -0.05) is 23.7 Å². The van der Waals surface area contributed by atoms with E-state index in [2.05, 4.69) is 0 Å². The van der Waals surface area contributed by atoms with Crippen LogP contribution in [0, 0.1) is 0 Å². The van der Waals surface area contributed by atoms with Crippen LogP contribution in [0.1, 0.15) is 5.56 Å². The lowest BCUT2D eigenvalue weighted by molar-refractivity contribution is -0.114. The molecule has 0 saturated heterocycles. The zero-order chi connectivity index (χ0) is 13.1. The molecule has 2 rings (SSSR count).